The Hall–Kier alpha value is -3.59. The largest absolute Gasteiger partial charge is 0.381 e. The van der Waals surface area contributed by atoms with Crippen LogP contribution in [0.15, 0.2) is 55.0 Å². The summed E-state index contributed by atoms with van der Waals surface area (Å²) in [7, 11) is 0. The van der Waals surface area contributed by atoms with Crippen LogP contribution in [0.2, 0.25) is 0 Å². The second kappa shape index (κ2) is 9.46. The summed E-state index contributed by atoms with van der Waals surface area (Å²) in [4.78, 5) is 8.95. The highest BCUT2D eigenvalue weighted by Gasteiger charge is 2.28. The molecule has 0 bridgehead atoms. The van der Waals surface area contributed by atoms with E-state index in [0.717, 1.165) is 62.2 Å². The standard InChI is InChI=1S/C27H30FN7O/c1-27(10-12-36-13-11-27)16-29-26-22-14-20(6-9-23(22)30-17-31-26)32-25(18-2-4-19(28)5-3-18)24-15-35(34-33-24)21-7-8-21/h2-6,9,14-15,17,21,25,32H,7-8,10-13,16H2,1H3,(H,29,30,31)/t25-/m0/s1/i25D. The zero-order valence-electron chi connectivity index (χ0n) is 21.2. The molecule has 2 N–H and O–H groups in total. The third-order valence-corrected chi connectivity index (χ3v) is 7.11. The maximum Gasteiger partial charge on any atom is 0.137 e. The maximum atomic E-state index is 13.7. The first-order valence-corrected chi connectivity index (χ1v) is 12.4. The number of fused-ring (bicyclic) bond motifs is 1. The zero-order valence-corrected chi connectivity index (χ0v) is 20.2. The average Bonchev–Trinajstić information content (AvgIpc) is 3.64. The number of anilines is 2. The lowest BCUT2D eigenvalue weighted by Crippen LogP contribution is -2.33. The van der Waals surface area contributed by atoms with E-state index in [2.05, 4.69) is 37.8 Å². The zero-order chi connectivity index (χ0) is 25.5. The predicted octanol–water partition coefficient (Wildman–Crippen LogP) is 5.13. The molecule has 0 radical (unpaired) electrons. The Morgan fingerprint density at radius 1 is 1.17 bits per heavy atom. The number of nitrogens with one attached hydrogen (secondary N) is 2. The van der Waals surface area contributed by atoms with Gasteiger partial charge in [0.2, 0.25) is 0 Å². The number of rotatable bonds is 8. The van der Waals surface area contributed by atoms with E-state index in [1.165, 1.54) is 12.1 Å². The lowest BCUT2D eigenvalue weighted by Gasteiger charge is -2.33. The maximum absolute atomic E-state index is 13.7. The van der Waals surface area contributed by atoms with Crippen molar-refractivity contribution in [2.45, 2.75) is 44.7 Å². The molecule has 1 saturated heterocycles. The lowest BCUT2D eigenvalue weighted by atomic mass is 9.82. The van der Waals surface area contributed by atoms with Crippen LogP contribution in [0.5, 0.6) is 0 Å². The molecule has 9 heteroatoms. The number of hydrogen-bond acceptors (Lipinski definition) is 7. The molecule has 6 rings (SSSR count). The van der Waals surface area contributed by atoms with Gasteiger partial charge in [-0.1, -0.05) is 24.3 Å². The van der Waals surface area contributed by atoms with E-state index in [-0.39, 0.29) is 11.2 Å². The molecule has 2 aromatic carbocycles. The van der Waals surface area contributed by atoms with Crippen molar-refractivity contribution in [2.24, 2.45) is 5.41 Å². The summed E-state index contributed by atoms with van der Waals surface area (Å²) in [5.41, 5.74) is 2.64. The first kappa shape index (κ1) is 21.7. The Balaban J connectivity index is 1.33. The van der Waals surface area contributed by atoms with Crippen LogP contribution in [-0.4, -0.2) is 44.7 Å². The number of benzene rings is 2. The number of halogens is 1. The molecule has 2 fully saturated rings. The van der Waals surface area contributed by atoms with Gasteiger partial charge < -0.3 is 15.4 Å². The summed E-state index contributed by atoms with van der Waals surface area (Å²) in [6, 6.07) is 10.5. The Morgan fingerprint density at radius 3 is 2.75 bits per heavy atom. The first-order chi connectivity index (χ1) is 17.9. The number of hydrogen-bond donors (Lipinski definition) is 2. The van der Waals surface area contributed by atoms with E-state index >= 15 is 0 Å². The van der Waals surface area contributed by atoms with E-state index in [1.54, 1.807) is 18.5 Å². The molecule has 1 aliphatic heterocycles. The fraction of sp³-hybridized carbons (Fsp3) is 0.407. The first-order valence-electron chi connectivity index (χ1n) is 12.9. The van der Waals surface area contributed by atoms with E-state index in [4.69, 9.17) is 4.74 Å². The molecule has 8 nitrogen and oxygen atoms in total. The van der Waals surface area contributed by atoms with Crippen LogP contribution in [-0.2, 0) is 4.74 Å². The summed E-state index contributed by atoms with van der Waals surface area (Å²) in [6.45, 7) is 4.60. The molecule has 0 unspecified atom stereocenters. The van der Waals surface area contributed by atoms with Crippen molar-refractivity contribution < 1.29 is 10.5 Å². The number of ether oxygens (including phenoxy) is 1. The van der Waals surface area contributed by atoms with Crippen LogP contribution in [0.3, 0.4) is 0 Å². The Bertz CT molecular complexity index is 1400. The van der Waals surface area contributed by atoms with Crippen LogP contribution in [0.4, 0.5) is 15.9 Å². The van der Waals surface area contributed by atoms with Crippen molar-refractivity contribution in [2.75, 3.05) is 30.4 Å². The normalized spacial score (nSPS) is 19.4. The second-order valence-corrected chi connectivity index (χ2v) is 10.1. The molecule has 3 heterocycles. The van der Waals surface area contributed by atoms with Crippen LogP contribution >= 0.6 is 0 Å². The van der Waals surface area contributed by atoms with E-state index < -0.39 is 6.02 Å². The highest BCUT2D eigenvalue weighted by Crippen LogP contribution is 2.36. The van der Waals surface area contributed by atoms with Crippen LogP contribution in [0.1, 0.15) is 57.3 Å². The second-order valence-electron chi connectivity index (χ2n) is 10.1. The van der Waals surface area contributed by atoms with E-state index in [9.17, 15) is 5.76 Å². The summed E-state index contributed by atoms with van der Waals surface area (Å²) in [5.74, 6) is 0.392. The topological polar surface area (TPSA) is 89.8 Å². The summed E-state index contributed by atoms with van der Waals surface area (Å²) in [6.07, 6.45) is 7.49. The van der Waals surface area contributed by atoms with E-state index in [1.807, 2.05) is 29.1 Å². The minimum absolute atomic E-state index is 0.137. The molecule has 1 saturated carbocycles. The van der Waals surface area contributed by atoms with Crippen LogP contribution in [0.25, 0.3) is 10.9 Å². The fourth-order valence-electron chi connectivity index (χ4n) is 4.57. The Morgan fingerprint density at radius 2 is 1.97 bits per heavy atom. The van der Waals surface area contributed by atoms with Gasteiger partial charge in [-0.15, -0.1) is 5.10 Å². The molecule has 1 aliphatic carbocycles. The van der Waals surface area contributed by atoms with Crippen molar-refractivity contribution in [3.05, 3.63) is 72.1 Å². The molecule has 2 aromatic heterocycles. The molecule has 2 aliphatic rings. The van der Waals surface area contributed by atoms with E-state index in [0.29, 0.717) is 23.0 Å². The number of nitrogens with zero attached hydrogens (tertiary/aromatic N) is 5. The SMILES string of the molecule is [2H][C@](Nc1ccc2ncnc(NCC3(C)CCOCC3)c2c1)(c1ccc(F)cc1)c1cn(C2CC2)nn1. The number of aromatic nitrogens is 5. The van der Waals surface area contributed by atoms with Gasteiger partial charge in [0.15, 0.2) is 0 Å². The van der Waals surface area contributed by atoms with Crippen LogP contribution < -0.4 is 10.6 Å². The molecule has 186 valence electrons. The Kier molecular flexibility index (Phi) is 5.70. The minimum atomic E-state index is -1.48. The van der Waals surface area contributed by atoms with Gasteiger partial charge in [-0.25, -0.2) is 19.0 Å². The quantitative estimate of drug-likeness (QED) is 0.356. The average molecular weight is 489 g/mol. The molecule has 4 aromatic rings. The lowest BCUT2D eigenvalue weighted by molar-refractivity contribution is 0.0300. The summed E-state index contributed by atoms with van der Waals surface area (Å²) in [5, 5.41) is 16.3. The van der Waals surface area contributed by atoms with Gasteiger partial charge in [-0.05, 0) is 67.0 Å². The van der Waals surface area contributed by atoms with Crippen molar-refractivity contribution in [3.8, 4) is 0 Å². The van der Waals surface area contributed by atoms with Gasteiger partial charge in [0, 0.05) is 30.8 Å². The molecular weight excluding hydrogens is 457 g/mol. The molecule has 36 heavy (non-hydrogen) atoms. The highest BCUT2D eigenvalue weighted by atomic mass is 19.1. The van der Waals surface area contributed by atoms with Gasteiger partial charge in [-0.3, -0.25) is 0 Å². The van der Waals surface area contributed by atoms with Crippen molar-refractivity contribution in [1.82, 2.24) is 25.0 Å². The summed E-state index contributed by atoms with van der Waals surface area (Å²) < 4.78 is 30.6. The van der Waals surface area contributed by atoms with Gasteiger partial charge in [-0.2, -0.15) is 0 Å². The molecule has 0 amide bonds. The predicted molar refractivity (Wildman–Crippen MR) is 136 cm³/mol. The molecular formula is C27H30FN7O. The summed E-state index contributed by atoms with van der Waals surface area (Å²) >= 11 is 0. The smallest absolute Gasteiger partial charge is 0.137 e. The minimum Gasteiger partial charge on any atom is -0.381 e. The van der Waals surface area contributed by atoms with Crippen LogP contribution in [0, 0.1) is 11.2 Å². The van der Waals surface area contributed by atoms with Gasteiger partial charge >= 0.3 is 0 Å². The van der Waals surface area contributed by atoms with Gasteiger partial charge in [0.1, 0.15) is 23.7 Å². The molecule has 0 spiro atoms. The van der Waals surface area contributed by atoms with Gasteiger partial charge in [0.05, 0.1) is 25.1 Å². The third kappa shape index (κ3) is 4.88. The van der Waals surface area contributed by atoms with Crippen molar-refractivity contribution >= 4 is 22.4 Å². The monoisotopic (exact) mass is 488 g/mol. The van der Waals surface area contributed by atoms with Crippen molar-refractivity contribution in [1.29, 1.82) is 0 Å². The van der Waals surface area contributed by atoms with Gasteiger partial charge in [0.25, 0.3) is 0 Å². The third-order valence-electron chi connectivity index (χ3n) is 7.11. The van der Waals surface area contributed by atoms with Crippen molar-refractivity contribution in [3.63, 3.8) is 0 Å². The fourth-order valence-corrected chi connectivity index (χ4v) is 4.57. The Labute approximate surface area is 210 Å². The molecule has 1 atom stereocenters. The highest BCUT2D eigenvalue weighted by molar-refractivity contribution is 5.91.